The Morgan fingerprint density at radius 1 is 1.21 bits per heavy atom. The summed E-state index contributed by atoms with van der Waals surface area (Å²) in [5.74, 6) is 0.00311. The number of nitriles is 1. The van der Waals surface area contributed by atoms with Gasteiger partial charge >= 0.3 is 0 Å². The molecule has 0 saturated carbocycles. The van der Waals surface area contributed by atoms with E-state index in [0.29, 0.717) is 30.2 Å². The zero-order valence-corrected chi connectivity index (χ0v) is 16.5. The fraction of sp³-hybridized carbons (Fsp3) is 0.250. The van der Waals surface area contributed by atoms with Gasteiger partial charge < -0.3 is 10.2 Å². The van der Waals surface area contributed by atoms with Gasteiger partial charge in [-0.3, -0.25) is 4.79 Å². The van der Waals surface area contributed by atoms with Crippen molar-refractivity contribution in [2.24, 2.45) is 4.40 Å². The van der Waals surface area contributed by atoms with E-state index >= 15 is 0 Å². The largest absolute Gasteiger partial charge is 0.328 e. The van der Waals surface area contributed by atoms with Crippen LogP contribution in [0.2, 0.25) is 0 Å². The number of carbonyl (C=O) groups is 1. The van der Waals surface area contributed by atoms with Crippen molar-refractivity contribution < 1.29 is 13.2 Å². The Hall–Kier alpha value is -3.18. The first-order valence-electron chi connectivity index (χ1n) is 8.86. The number of nitrogens with zero attached hydrogens (tertiary/aromatic N) is 3. The Morgan fingerprint density at radius 3 is 2.57 bits per heavy atom. The Balaban J connectivity index is 1.89. The maximum atomic E-state index is 12.6. The summed E-state index contributed by atoms with van der Waals surface area (Å²) in [6, 6.07) is 13.6. The average molecular weight is 396 g/mol. The molecule has 1 aliphatic rings. The number of anilines is 2. The number of rotatable bonds is 5. The van der Waals surface area contributed by atoms with Gasteiger partial charge in [0.2, 0.25) is 0 Å². The minimum Gasteiger partial charge on any atom is -0.328 e. The van der Waals surface area contributed by atoms with E-state index in [2.05, 4.69) is 15.8 Å². The van der Waals surface area contributed by atoms with Crippen LogP contribution in [0.4, 0.5) is 11.4 Å². The Bertz CT molecular complexity index is 1080. The highest BCUT2D eigenvalue weighted by molar-refractivity contribution is 7.90. The summed E-state index contributed by atoms with van der Waals surface area (Å²) in [5.41, 5.74) is 2.18. The highest BCUT2D eigenvalue weighted by atomic mass is 32.2. The molecule has 2 aromatic carbocycles. The quantitative estimate of drug-likeness (QED) is 0.835. The smallest absolute Gasteiger partial charge is 0.286 e. The molecule has 0 spiro atoms. The van der Waals surface area contributed by atoms with Crippen molar-refractivity contribution in [3.8, 4) is 6.07 Å². The number of benzene rings is 2. The van der Waals surface area contributed by atoms with Gasteiger partial charge in [-0.1, -0.05) is 19.1 Å². The van der Waals surface area contributed by atoms with Crippen molar-refractivity contribution in [1.82, 2.24) is 0 Å². The molecule has 144 valence electrons. The lowest BCUT2D eigenvalue weighted by Gasteiger charge is -2.29. The molecule has 0 bridgehead atoms. The molecule has 28 heavy (non-hydrogen) atoms. The van der Waals surface area contributed by atoms with E-state index in [-0.39, 0.29) is 10.5 Å². The standard InChI is InChI=1S/C20H20N4O3S/c1-3-12-24-14(2)23-28(26,27)19-13-16(6-9-18(19)24)20(25)22-17-7-4-15(5-8-17)10-11-21/h4-9,13H,3,10,12H2,1-2H3,(H,22,25). The molecule has 0 unspecified atom stereocenters. The van der Waals surface area contributed by atoms with E-state index < -0.39 is 15.9 Å². The van der Waals surface area contributed by atoms with E-state index in [4.69, 9.17) is 5.26 Å². The van der Waals surface area contributed by atoms with Gasteiger partial charge in [-0.2, -0.15) is 13.7 Å². The van der Waals surface area contributed by atoms with Crippen molar-refractivity contribution >= 4 is 33.1 Å². The van der Waals surface area contributed by atoms with Crippen molar-refractivity contribution in [2.45, 2.75) is 31.6 Å². The Labute approximate surface area is 164 Å². The van der Waals surface area contributed by atoms with E-state index in [1.165, 1.54) is 6.07 Å². The molecule has 0 aliphatic carbocycles. The number of carbonyl (C=O) groups excluding carboxylic acids is 1. The number of sulfonamides is 1. The molecule has 0 saturated heterocycles. The molecule has 8 heteroatoms. The van der Waals surface area contributed by atoms with Gasteiger partial charge in [0.25, 0.3) is 15.9 Å². The lowest BCUT2D eigenvalue weighted by molar-refractivity contribution is 0.102. The van der Waals surface area contributed by atoms with Crippen LogP contribution in [-0.2, 0) is 16.4 Å². The summed E-state index contributed by atoms with van der Waals surface area (Å²) in [6.45, 7) is 4.30. The zero-order valence-electron chi connectivity index (χ0n) is 15.6. The van der Waals surface area contributed by atoms with E-state index in [9.17, 15) is 13.2 Å². The number of amidine groups is 1. The predicted molar refractivity (Wildman–Crippen MR) is 108 cm³/mol. The maximum absolute atomic E-state index is 12.6. The highest BCUT2D eigenvalue weighted by Crippen LogP contribution is 2.32. The zero-order chi connectivity index (χ0) is 20.3. The van der Waals surface area contributed by atoms with E-state index in [1.54, 1.807) is 43.3 Å². The summed E-state index contributed by atoms with van der Waals surface area (Å²) in [6.07, 6.45) is 1.13. The molecule has 1 amide bonds. The molecule has 1 aliphatic heterocycles. The monoisotopic (exact) mass is 396 g/mol. The van der Waals surface area contributed by atoms with Gasteiger partial charge in [0.15, 0.2) is 0 Å². The van der Waals surface area contributed by atoms with Gasteiger partial charge in [0, 0.05) is 17.8 Å². The Kier molecular flexibility index (Phi) is 5.47. The summed E-state index contributed by atoms with van der Waals surface area (Å²) >= 11 is 0. The molecule has 0 atom stereocenters. The first kappa shape index (κ1) is 19.6. The van der Waals surface area contributed by atoms with Crippen LogP contribution in [0.3, 0.4) is 0 Å². The van der Waals surface area contributed by atoms with Crippen LogP contribution in [0, 0.1) is 11.3 Å². The average Bonchev–Trinajstić information content (AvgIpc) is 2.66. The van der Waals surface area contributed by atoms with E-state index in [1.807, 2.05) is 11.8 Å². The lowest BCUT2D eigenvalue weighted by Crippen LogP contribution is -2.34. The summed E-state index contributed by atoms with van der Waals surface area (Å²) < 4.78 is 28.8. The van der Waals surface area contributed by atoms with Crippen molar-refractivity contribution in [1.29, 1.82) is 5.26 Å². The second-order valence-corrected chi connectivity index (χ2v) is 8.01. The summed E-state index contributed by atoms with van der Waals surface area (Å²) in [7, 11) is -3.85. The van der Waals surface area contributed by atoms with Crippen LogP contribution in [0.1, 0.15) is 36.2 Å². The van der Waals surface area contributed by atoms with Gasteiger partial charge in [-0.05, 0) is 49.2 Å². The molecule has 0 fully saturated rings. The SMILES string of the molecule is CCCN1C(C)=NS(=O)(=O)c2cc(C(=O)Nc3ccc(CC#N)cc3)ccc21. The third-order valence-electron chi connectivity index (χ3n) is 4.38. The van der Waals surface area contributed by atoms with Gasteiger partial charge in [0.1, 0.15) is 10.7 Å². The second kappa shape index (κ2) is 7.82. The number of amides is 1. The minimum atomic E-state index is -3.85. The number of hydrogen-bond acceptors (Lipinski definition) is 5. The molecule has 7 nitrogen and oxygen atoms in total. The van der Waals surface area contributed by atoms with Crippen LogP contribution in [0.25, 0.3) is 0 Å². The number of nitrogens with one attached hydrogen (secondary N) is 1. The highest BCUT2D eigenvalue weighted by Gasteiger charge is 2.29. The number of fused-ring (bicyclic) bond motifs is 1. The van der Waals surface area contributed by atoms with Crippen LogP contribution < -0.4 is 10.2 Å². The predicted octanol–water partition coefficient (Wildman–Crippen LogP) is 3.34. The van der Waals surface area contributed by atoms with Crippen molar-refractivity contribution in [2.75, 3.05) is 16.8 Å². The van der Waals surface area contributed by atoms with Gasteiger partial charge in [0.05, 0.1) is 18.2 Å². The molecule has 0 aromatic heterocycles. The second-order valence-electron chi connectivity index (χ2n) is 6.43. The maximum Gasteiger partial charge on any atom is 0.286 e. The van der Waals surface area contributed by atoms with Crippen LogP contribution in [0.15, 0.2) is 51.8 Å². The molecular formula is C20H20N4O3S. The van der Waals surface area contributed by atoms with Crippen molar-refractivity contribution in [3.05, 3.63) is 53.6 Å². The topological polar surface area (TPSA) is 103 Å². The fourth-order valence-electron chi connectivity index (χ4n) is 3.04. The minimum absolute atomic E-state index is 0.0311. The van der Waals surface area contributed by atoms with Crippen LogP contribution >= 0.6 is 0 Å². The van der Waals surface area contributed by atoms with Crippen LogP contribution in [0.5, 0.6) is 0 Å². The molecule has 1 N–H and O–H groups in total. The first-order valence-corrected chi connectivity index (χ1v) is 10.3. The molecule has 3 rings (SSSR count). The third-order valence-corrected chi connectivity index (χ3v) is 5.76. The van der Waals surface area contributed by atoms with E-state index in [0.717, 1.165) is 12.0 Å². The molecule has 1 heterocycles. The summed E-state index contributed by atoms with van der Waals surface area (Å²) in [4.78, 5) is 14.5. The summed E-state index contributed by atoms with van der Waals surface area (Å²) in [5, 5.41) is 11.5. The molecule has 0 radical (unpaired) electrons. The van der Waals surface area contributed by atoms with Gasteiger partial charge in [-0.15, -0.1) is 4.40 Å². The first-order chi connectivity index (χ1) is 13.4. The lowest BCUT2D eigenvalue weighted by atomic mass is 10.1. The van der Waals surface area contributed by atoms with Crippen LogP contribution in [-0.4, -0.2) is 26.7 Å². The fourth-order valence-corrected chi connectivity index (χ4v) is 4.30. The number of hydrogen-bond donors (Lipinski definition) is 1. The molecule has 2 aromatic rings. The Morgan fingerprint density at radius 2 is 1.93 bits per heavy atom. The van der Waals surface area contributed by atoms with Crippen molar-refractivity contribution in [3.63, 3.8) is 0 Å². The third kappa shape index (κ3) is 3.89. The van der Waals surface area contributed by atoms with Gasteiger partial charge in [-0.25, -0.2) is 0 Å². The normalized spacial score (nSPS) is 14.6. The molecular weight excluding hydrogens is 376 g/mol.